The van der Waals surface area contributed by atoms with E-state index in [-0.39, 0.29) is 0 Å². The molecule has 0 aliphatic carbocycles. The van der Waals surface area contributed by atoms with Crippen molar-refractivity contribution in [3.05, 3.63) is 71.3 Å². The third-order valence-corrected chi connectivity index (χ3v) is 4.47. The number of amides is 1. The van der Waals surface area contributed by atoms with Crippen LogP contribution in [0.25, 0.3) is 0 Å². The van der Waals surface area contributed by atoms with Crippen LogP contribution in [0.4, 0.5) is 4.79 Å². The van der Waals surface area contributed by atoms with Gasteiger partial charge in [-0.15, -0.1) is 0 Å². The highest BCUT2D eigenvalue weighted by Gasteiger charge is 2.15. The van der Waals surface area contributed by atoms with E-state index in [2.05, 4.69) is 45.2 Å². The average molecular weight is 441 g/mol. The molecular weight excluding hydrogens is 404 g/mol. The number of rotatable bonds is 10. The second-order valence-electron chi connectivity index (χ2n) is 8.38. The van der Waals surface area contributed by atoms with Gasteiger partial charge in [-0.05, 0) is 43.9 Å². The molecule has 0 aromatic heterocycles. The molecule has 0 saturated heterocycles. The van der Waals surface area contributed by atoms with Crippen molar-refractivity contribution in [1.29, 1.82) is 0 Å². The number of carbonyl (C=O) groups excluding carboxylic acids is 1. The summed E-state index contributed by atoms with van der Waals surface area (Å²) < 4.78 is 11.1. The van der Waals surface area contributed by atoms with Gasteiger partial charge < -0.3 is 25.4 Å². The van der Waals surface area contributed by atoms with Crippen molar-refractivity contribution in [1.82, 2.24) is 16.0 Å². The highest BCUT2D eigenvalue weighted by molar-refractivity contribution is 5.79. The van der Waals surface area contributed by atoms with Gasteiger partial charge in [0.15, 0.2) is 5.96 Å². The minimum Gasteiger partial charge on any atom is -0.444 e. The molecule has 2 aromatic rings. The molecule has 0 aliphatic heterocycles. The van der Waals surface area contributed by atoms with Gasteiger partial charge in [-0.3, -0.25) is 4.99 Å². The van der Waals surface area contributed by atoms with Crippen LogP contribution in [0, 0.1) is 0 Å². The van der Waals surface area contributed by atoms with E-state index in [1.165, 1.54) is 0 Å². The Kier molecular flexibility index (Phi) is 10.5. The topological polar surface area (TPSA) is 84.0 Å². The summed E-state index contributed by atoms with van der Waals surface area (Å²) in [5.41, 5.74) is 2.98. The summed E-state index contributed by atoms with van der Waals surface area (Å²) >= 11 is 0. The quantitative estimate of drug-likeness (QED) is 0.296. The average Bonchev–Trinajstić information content (AvgIpc) is 2.76. The molecule has 0 unspecified atom stereocenters. The number of aliphatic imine (C=N–C) groups is 1. The molecular formula is C25H36N4O3. The van der Waals surface area contributed by atoms with Gasteiger partial charge in [0, 0.05) is 26.7 Å². The molecule has 32 heavy (non-hydrogen) atoms. The number of carbonyl (C=O) groups is 1. The zero-order valence-electron chi connectivity index (χ0n) is 19.6. The first-order valence-electron chi connectivity index (χ1n) is 11.0. The van der Waals surface area contributed by atoms with Crippen LogP contribution in [0.1, 0.15) is 43.9 Å². The van der Waals surface area contributed by atoms with Crippen molar-refractivity contribution in [2.24, 2.45) is 4.99 Å². The molecule has 3 N–H and O–H groups in total. The van der Waals surface area contributed by atoms with Crippen molar-refractivity contribution >= 4 is 12.1 Å². The maximum Gasteiger partial charge on any atom is 0.407 e. The van der Waals surface area contributed by atoms with Crippen molar-refractivity contribution in [2.75, 3.05) is 20.1 Å². The van der Waals surface area contributed by atoms with Crippen LogP contribution in [0.5, 0.6) is 0 Å². The minimum absolute atomic E-state index is 0.397. The second-order valence-corrected chi connectivity index (χ2v) is 8.38. The fourth-order valence-corrected chi connectivity index (χ4v) is 2.92. The number of nitrogens with one attached hydrogen (secondary N) is 3. The van der Waals surface area contributed by atoms with Crippen molar-refractivity contribution < 1.29 is 14.3 Å². The van der Waals surface area contributed by atoms with E-state index in [0.29, 0.717) is 38.8 Å². The first-order chi connectivity index (χ1) is 15.4. The van der Waals surface area contributed by atoms with Crippen molar-refractivity contribution in [3.8, 4) is 0 Å². The normalized spacial score (nSPS) is 11.7. The first-order valence-corrected chi connectivity index (χ1v) is 11.0. The number of alkyl carbamates (subject to hydrolysis) is 1. The molecule has 0 saturated carbocycles. The van der Waals surface area contributed by atoms with Crippen LogP contribution in [0.2, 0.25) is 0 Å². The SMILES string of the molecule is CN=C(NCCCNC(=O)OC(C)(C)C)NCc1ccccc1COCc1ccccc1. The van der Waals surface area contributed by atoms with Crippen molar-refractivity contribution in [2.45, 2.75) is 52.6 Å². The molecule has 0 heterocycles. The Balaban J connectivity index is 1.70. The van der Waals surface area contributed by atoms with Gasteiger partial charge in [0.25, 0.3) is 0 Å². The van der Waals surface area contributed by atoms with E-state index < -0.39 is 11.7 Å². The summed E-state index contributed by atoms with van der Waals surface area (Å²) in [6.07, 6.45) is 0.357. The standard InChI is InChI=1S/C25H36N4O3/c1-25(2,3)32-24(30)28-16-10-15-27-23(26-4)29-17-21-13-8-9-14-22(21)19-31-18-20-11-6-5-7-12-20/h5-9,11-14H,10,15-19H2,1-4H3,(H,28,30)(H2,26,27,29). The minimum atomic E-state index is -0.489. The Labute approximate surface area is 191 Å². The summed E-state index contributed by atoms with van der Waals surface area (Å²) in [5.74, 6) is 0.710. The lowest BCUT2D eigenvalue weighted by atomic mass is 10.1. The van der Waals surface area contributed by atoms with Gasteiger partial charge >= 0.3 is 6.09 Å². The Morgan fingerprint density at radius 3 is 2.22 bits per heavy atom. The van der Waals surface area contributed by atoms with Crippen LogP contribution in [-0.4, -0.2) is 37.8 Å². The van der Waals surface area contributed by atoms with E-state index in [4.69, 9.17) is 9.47 Å². The summed E-state index contributed by atoms with van der Waals surface area (Å²) in [5, 5.41) is 9.35. The monoisotopic (exact) mass is 440 g/mol. The van der Waals surface area contributed by atoms with E-state index in [1.807, 2.05) is 51.1 Å². The molecule has 1 amide bonds. The van der Waals surface area contributed by atoms with Crippen LogP contribution in [0.15, 0.2) is 59.6 Å². The lowest BCUT2D eigenvalue weighted by Crippen LogP contribution is -2.39. The third kappa shape index (κ3) is 10.3. The molecule has 0 radical (unpaired) electrons. The van der Waals surface area contributed by atoms with E-state index >= 15 is 0 Å². The number of hydrogen-bond acceptors (Lipinski definition) is 4. The predicted octanol–water partition coefficient (Wildman–Crippen LogP) is 3.98. The molecule has 174 valence electrons. The van der Waals surface area contributed by atoms with E-state index in [1.54, 1.807) is 7.05 Å². The molecule has 0 fully saturated rings. The Morgan fingerprint density at radius 2 is 1.53 bits per heavy atom. The lowest BCUT2D eigenvalue weighted by molar-refractivity contribution is 0.0527. The van der Waals surface area contributed by atoms with Gasteiger partial charge in [-0.25, -0.2) is 4.79 Å². The summed E-state index contributed by atoms with van der Waals surface area (Å²) in [6.45, 7) is 8.52. The first kappa shape index (κ1) is 25.2. The summed E-state index contributed by atoms with van der Waals surface area (Å²) in [7, 11) is 1.74. The fourth-order valence-electron chi connectivity index (χ4n) is 2.92. The number of ether oxygens (including phenoxy) is 2. The number of guanidine groups is 1. The maximum atomic E-state index is 11.7. The molecule has 0 bridgehead atoms. The Bertz CT molecular complexity index is 848. The molecule has 2 aromatic carbocycles. The molecule has 7 nitrogen and oxygen atoms in total. The van der Waals surface area contributed by atoms with Gasteiger partial charge in [-0.2, -0.15) is 0 Å². The zero-order valence-corrected chi connectivity index (χ0v) is 19.6. The van der Waals surface area contributed by atoms with Gasteiger partial charge in [0.1, 0.15) is 5.60 Å². The van der Waals surface area contributed by atoms with Crippen molar-refractivity contribution in [3.63, 3.8) is 0 Å². The maximum absolute atomic E-state index is 11.7. The molecule has 0 atom stereocenters. The van der Waals surface area contributed by atoms with Crippen LogP contribution in [0.3, 0.4) is 0 Å². The molecule has 0 aliphatic rings. The molecule has 0 spiro atoms. The zero-order chi connectivity index (χ0) is 23.2. The van der Waals surface area contributed by atoms with Gasteiger partial charge in [0.2, 0.25) is 0 Å². The smallest absolute Gasteiger partial charge is 0.407 e. The number of nitrogens with zero attached hydrogens (tertiary/aromatic N) is 1. The summed E-state index contributed by atoms with van der Waals surface area (Å²) in [6, 6.07) is 18.4. The number of benzene rings is 2. The molecule has 7 heteroatoms. The second kappa shape index (κ2) is 13.4. The highest BCUT2D eigenvalue weighted by Crippen LogP contribution is 2.12. The summed E-state index contributed by atoms with van der Waals surface area (Å²) in [4.78, 5) is 15.9. The van der Waals surface area contributed by atoms with Gasteiger partial charge in [-0.1, -0.05) is 54.6 Å². The largest absolute Gasteiger partial charge is 0.444 e. The highest BCUT2D eigenvalue weighted by atomic mass is 16.6. The molecule has 2 rings (SSSR count). The fraction of sp³-hybridized carbons (Fsp3) is 0.440. The van der Waals surface area contributed by atoms with E-state index in [0.717, 1.165) is 23.1 Å². The Morgan fingerprint density at radius 1 is 0.875 bits per heavy atom. The third-order valence-electron chi connectivity index (χ3n) is 4.47. The van der Waals surface area contributed by atoms with E-state index in [9.17, 15) is 4.79 Å². The predicted molar refractivity (Wildman–Crippen MR) is 128 cm³/mol. The Hall–Kier alpha value is -3.06. The van der Waals surface area contributed by atoms with Gasteiger partial charge in [0.05, 0.1) is 13.2 Å². The van der Waals surface area contributed by atoms with Crippen LogP contribution >= 0.6 is 0 Å². The lowest BCUT2D eigenvalue weighted by Gasteiger charge is -2.19. The van der Waals surface area contributed by atoms with Crippen LogP contribution < -0.4 is 16.0 Å². The number of hydrogen-bond donors (Lipinski definition) is 3. The van der Waals surface area contributed by atoms with Crippen LogP contribution in [-0.2, 0) is 29.2 Å².